The average Bonchev–Trinajstić information content (AvgIpc) is 2.22. The lowest BCUT2D eigenvalue weighted by molar-refractivity contribution is 0.790. The van der Waals surface area contributed by atoms with Crippen LogP contribution in [0.4, 0.5) is 0 Å². The van der Waals surface area contributed by atoms with Crippen molar-refractivity contribution in [2.75, 3.05) is 0 Å². The molecule has 0 aromatic heterocycles. The molecule has 0 bridgehead atoms. The molecule has 0 radical (unpaired) electrons. The molecule has 0 aliphatic carbocycles. The smallest absolute Gasteiger partial charge is 0.0712 e. The number of rotatable bonds is 3. The third-order valence-electron chi connectivity index (χ3n) is 3.14. The number of aryl methyl sites for hydroxylation is 2. The molecule has 0 saturated carbocycles. The van der Waals surface area contributed by atoms with Crippen molar-refractivity contribution in [2.45, 2.75) is 40.0 Å². The summed E-state index contributed by atoms with van der Waals surface area (Å²) in [6, 6.07) is 4.32. The molecule has 0 spiro atoms. The molecule has 1 unspecified atom stereocenters. The summed E-state index contributed by atoms with van der Waals surface area (Å²) in [5.74, 6) is 0.310. The molecule has 0 N–H and O–H groups in total. The zero-order valence-corrected chi connectivity index (χ0v) is 11.8. The molecule has 2 heteroatoms. The first-order valence-electron chi connectivity index (χ1n) is 5.56. The molecule has 16 heavy (non-hydrogen) atoms. The first kappa shape index (κ1) is 13.6. The Morgan fingerprint density at radius 3 is 2.25 bits per heavy atom. The molecule has 88 valence electrons. The zero-order chi connectivity index (χ0) is 12.3. The van der Waals surface area contributed by atoms with Crippen LogP contribution < -0.4 is 0 Å². The Morgan fingerprint density at radius 2 is 1.75 bits per heavy atom. The average molecular weight is 257 g/mol. The van der Waals surface area contributed by atoms with Gasteiger partial charge < -0.3 is 0 Å². The Morgan fingerprint density at radius 1 is 1.19 bits per heavy atom. The topological polar surface area (TPSA) is 0 Å². The molecule has 0 aliphatic rings. The maximum atomic E-state index is 5.77. The lowest BCUT2D eigenvalue weighted by Crippen LogP contribution is -2.02. The van der Waals surface area contributed by atoms with Crippen molar-refractivity contribution in [1.29, 1.82) is 0 Å². The predicted octanol–water partition coefficient (Wildman–Crippen LogP) is 5.42. The third-order valence-corrected chi connectivity index (χ3v) is 3.39. The molecule has 1 aromatic rings. The van der Waals surface area contributed by atoms with Crippen LogP contribution in [0, 0.1) is 20.8 Å². The van der Waals surface area contributed by atoms with Gasteiger partial charge in [-0.15, -0.1) is 0 Å². The van der Waals surface area contributed by atoms with Crippen LogP contribution in [0.15, 0.2) is 22.7 Å². The van der Waals surface area contributed by atoms with Crippen LogP contribution >= 0.6 is 23.2 Å². The molecule has 1 rings (SSSR count). The normalized spacial score (nSPS) is 12.4. The summed E-state index contributed by atoms with van der Waals surface area (Å²) >= 11 is 11.5. The maximum Gasteiger partial charge on any atom is 0.103 e. The van der Waals surface area contributed by atoms with E-state index in [0.717, 1.165) is 6.42 Å². The van der Waals surface area contributed by atoms with Crippen molar-refractivity contribution < 1.29 is 0 Å². The highest BCUT2D eigenvalue weighted by Crippen LogP contribution is 2.31. The van der Waals surface area contributed by atoms with Crippen molar-refractivity contribution in [2.24, 2.45) is 0 Å². The van der Waals surface area contributed by atoms with Gasteiger partial charge in [0.2, 0.25) is 0 Å². The first-order chi connectivity index (χ1) is 7.47. The Hall–Kier alpha value is -0.460. The molecule has 1 aromatic carbocycles. The fourth-order valence-corrected chi connectivity index (χ4v) is 2.41. The largest absolute Gasteiger partial charge is 0.103 e. The van der Waals surface area contributed by atoms with Crippen molar-refractivity contribution in [3.05, 3.63) is 45.0 Å². The van der Waals surface area contributed by atoms with Crippen LogP contribution in [-0.4, -0.2) is 0 Å². The van der Waals surface area contributed by atoms with Gasteiger partial charge in [-0.05, 0) is 55.5 Å². The number of hydrogen-bond donors (Lipinski definition) is 0. The predicted molar refractivity (Wildman–Crippen MR) is 73.5 cm³/mol. The highest BCUT2D eigenvalue weighted by Gasteiger charge is 2.13. The molecule has 0 fully saturated rings. The van der Waals surface area contributed by atoms with E-state index in [-0.39, 0.29) is 0 Å². The van der Waals surface area contributed by atoms with E-state index < -0.39 is 0 Å². The lowest BCUT2D eigenvalue weighted by atomic mass is 9.87. The van der Waals surface area contributed by atoms with Crippen molar-refractivity contribution >= 4 is 23.2 Å². The molecular formula is C14H18Cl2. The standard InChI is InChI=1S/C14H18Cl2/c1-5-12(8-13(15)16)14-10(3)7-6-9(2)11(14)4/h6-8,12H,5H2,1-4H3. The summed E-state index contributed by atoms with van der Waals surface area (Å²) in [6.45, 7) is 8.59. The van der Waals surface area contributed by atoms with Crippen LogP contribution in [0.5, 0.6) is 0 Å². The van der Waals surface area contributed by atoms with Gasteiger partial charge in [0, 0.05) is 5.92 Å². The van der Waals surface area contributed by atoms with Crippen LogP contribution in [0.3, 0.4) is 0 Å². The molecule has 0 saturated heterocycles. The minimum absolute atomic E-state index is 0.310. The summed E-state index contributed by atoms with van der Waals surface area (Å²) in [5, 5.41) is 0. The summed E-state index contributed by atoms with van der Waals surface area (Å²) in [6.07, 6.45) is 2.94. The highest BCUT2D eigenvalue weighted by atomic mass is 35.5. The van der Waals surface area contributed by atoms with Gasteiger partial charge in [-0.3, -0.25) is 0 Å². The Kier molecular flexibility index (Phi) is 4.89. The van der Waals surface area contributed by atoms with Crippen LogP contribution in [0.2, 0.25) is 0 Å². The van der Waals surface area contributed by atoms with E-state index >= 15 is 0 Å². The van der Waals surface area contributed by atoms with Gasteiger partial charge in [0.25, 0.3) is 0 Å². The highest BCUT2D eigenvalue weighted by molar-refractivity contribution is 6.55. The number of benzene rings is 1. The van der Waals surface area contributed by atoms with E-state index in [9.17, 15) is 0 Å². The molecule has 0 amide bonds. The molecule has 1 atom stereocenters. The van der Waals surface area contributed by atoms with Gasteiger partial charge >= 0.3 is 0 Å². The van der Waals surface area contributed by atoms with E-state index in [0.29, 0.717) is 10.4 Å². The summed E-state index contributed by atoms with van der Waals surface area (Å²) in [4.78, 5) is 0. The van der Waals surface area contributed by atoms with E-state index in [4.69, 9.17) is 23.2 Å². The molecule has 0 heterocycles. The molecule has 0 nitrogen and oxygen atoms in total. The quantitative estimate of drug-likeness (QED) is 0.677. The van der Waals surface area contributed by atoms with Gasteiger partial charge in [0.1, 0.15) is 4.49 Å². The van der Waals surface area contributed by atoms with Gasteiger partial charge in [0.05, 0.1) is 0 Å². The summed E-state index contributed by atoms with van der Waals surface area (Å²) in [7, 11) is 0. The maximum absolute atomic E-state index is 5.77. The monoisotopic (exact) mass is 256 g/mol. The second kappa shape index (κ2) is 5.75. The Labute approximate surface area is 108 Å². The Bertz CT molecular complexity index is 401. The van der Waals surface area contributed by atoms with E-state index in [2.05, 4.69) is 39.8 Å². The minimum atomic E-state index is 0.310. The SMILES string of the molecule is CCC(C=C(Cl)Cl)c1c(C)ccc(C)c1C. The van der Waals surface area contributed by atoms with Crippen LogP contribution in [0.25, 0.3) is 0 Å². The fourth-order valence-electron chi connectivity index (χ4n) is 2.10. The lowest BCUT2D eigenvalue weighted by Gasteiger charge is -2.18. The van der Waals surface area contributed by atoms with Gasteiger partial charge in [-0.1, -0.05) is 42.3 Å². The number of allylic oxidation sites excluding steroid dienone is 1. The van der Waals surface area contributed by atoms with E-state index in [1.165, 1.54) is 22.3 Å². The van der Waals surface area contributed by atoms with Crippen LogP contribution in [0.1, 0.15) is 41.5 Å². The molecule has 0 aliphatic heterocycles. The van der Waals surface area contributed by atoms with Gasteiger partial charge in [-0.2, -0.15) is 0 Å². The Balaban J connectivity index is 3.29. The first-order valence-corrected chi connectivity index (χ1v) is 6.32. The van der Waals surface area contributed by atoms with Crippen molar-refractivity contribution in [3.8, 4) is 0 Å². The van der Waals surface area contributed by atoms with Gasteiger partial charge in [-0.25, -0.2) is 0 Å². The van der Waals surface area contributed by atoms with Crippen molar-refractivity contribution in [1.82, 2.24) is 0 Å². The summed E-state index contributed by atoms with van der Waals surface area (Å²) < 4.78 is 0.354. The third kappa shape index (κ3) is 3.02. The summed E-state index contributed by atoms with van der Waals surface area (Å²) in [5.41, 5.74) is 5.33. The van der Waals surface area contributed by atoms with Crippen molar-refractivity contribution in [3.63, 3.8) is 0 Å². The van der Waals surface area contributed by atoms with E-state index in [1.54, 1.807) is 0 Å². The van der Waals surface area contributed by atoms with E-state index in [1.807, 2.05) is 6.08 Å². The second-order valence-corrected chi connectivity index (χ2v) is 5.22. The minimum Gasteiger partial charge on any atom is -0.0712 e. The number of halogens is 2. The second-order valence-electron chi connectivity index (χ2n) is 4.21. The number of hydrogen-bond acceptors (Lipinski definition) is 0. The van der Waals surface area contributed by atoms with Crippen LogP contribution in [-0.2, 0) is 0 Å². The zero-order valence-electron chi connectivity index (χ0n) is 10.3. The fraction of sp³-hybridized carbons (Fsp3) is 0.429. The molecular weight excluding hydrogens is 239 g/mol. The van der Waals surface area contributed by atoms with Gasteiger partial charge in [0.15, 0.2) is 0 Å².